The van der Waals surface area contributed by atoms with Gasteiger partial charge in [-0.2, -0.15) is 8.78 Å². The lowest BCUT2D eigenvalue weighted by Gasteiger charge is -2.23. The fourth-order valence-corrected chi connectivity index (χ4v) is 3.25. The quantitative estimate of drug-likeness (QED) is 0.199. The predicted octanol–water partition coefficient (Wildman–Crippen LogP) is 8.07. The van der Waals surface area contributed by atoms with Gasteiger partial charge in [-0.05, 0) is 23.1 Å². The molecule has 14 heteroatoms. The standard InChI is InChI=1S/C23H12ClF10NO2/c1-23(2,3)6-4-7(24)20(37-21-18(33)16(31)15(30)17(32)19(21)34)8(5-6)35-22(36)9-10(25)12(27)14(29)13(28)11(9)26/h4-5H,1-3H3,(H,35,36). The van der Waals surface area contributed by atoms with Gasteiger partial charge in [-0.1, -0.05) is 32.4 Å². The lowest BCUT2D eigenvalue weighted by atomic mass is 9.86. The summed E-state index contributed by atoms with van der Waals surface area (Å²) in [4.78, 5) is 12.6. The van der Waals surface area contributed by atoms with Gasteiger partial charge in [-0.25, -0.2) is 35.1 Å². The van der Waals surface area contributed by atoms with Gasteiger partial charge in [0.1, 0.15) is 5.56 Å². The molecular weight excluding hydrogens is 548 g/mol. The number of carbonyl (C=O) groups is 1. The second-order valence-corrected chi connectivity index (χ2v) is 8.89. The summed E-state index contributed by atoms with van der Waals surface area (Å²) in [5, 5.41) is 1.15. The third kappa shape index (κ3) is 4.91. The molecule has 0 radical (unpaired) electrons. The van der Waals surface area contributed by atoms with E-state index in [1.807, 2.05) is 0 Å². The normalized spacial score (nSPS) is 11.6. The highest BCUT2D eigenvalue weighted by Crippen LogP contribution is 2.43. The van der Waals surface area contributed by atoms with Crippen molar-refractivity contribution in [2.75, 3.05) is 5.32 Å². The Morgan fingerprint density at radius 1 is 0.676 bits per heavy atom. The van der Waals surface area contributed by atoms with Gasteiger partial charge < -0.3 is 10.1 Å². The molecule has 0 aliphatic rings. The number of ether oxygens (including phenoxy) is 1. The summed E-state index contributed by atoms with van der Waals surface area (Å²) in [6.45, 7) is 4.83. The first-order valence-electron chi connectivity index (χ1n) is 9.85. The molecule has 0 atom stereocenters. The van der Waals surface area contributed by atoms with Crippen LogP contribution in [-0.2, 0) is 5.41 Å². The molecular formula is C23H12ClF10NO2. The maximum Gasteiger partial charge on any atom is 0.261 e. The van der Waals surface area contributed by atoms with E-state index in [0.29, 0.717) is 0 Å². The zero-order chi connectivity index (χ0) is 28.1. The van der Waals surface area contributed by atoms with Crippen LogP contribution in [0.2, 0.25) is 5.02 Å². The fraction of sp³-hybridized carbons (Fsp3) is 0.174. The van der Waals surface area contributed by atoms with E-state index in [4.69, 9.17) is 16.3 Å². The minimum atomic E-state index is -2.54. The van der Waals surface area contributed by atoms with Crippen molar-refractivity contribution in [2.24, 2.45) is 0 Å². The smallest absolute Gasteiger partial charge is 0.261 e. The molecule has 198 valence electrons. The van der Waals surface area contributed by atoms with Crippen LogP contribution in [0, 0.1) is 58.2 Å². The number of anilines is 1. The Kier molecular flexibility index (Phi) is 7.42. The lowest BCUT2D eigenvalue weighted by molar-refractivity contribution is 0.101. The first kappa shape index (κ1) is 28.1. The number of amides is 1. The van der Waals surface area contributed by atoms with Gasteiger partial charge in [0.25, 0.3) is 5.91 Å². The van der Waals surface area contributed by atoms with E-state index in [1.54, 1.807) is 26.1 Å². The minimum Gasteiger partial charge on any atom is -0.447 e. The van der Waals surface area contributed by atoms with Crippen LogP contribution in [-0.4, -0.2) is 5.91 Å². The Balaban J connectivity index is 2.22. The Hall–Kier alpha value is -3.48. The number of hydrogen-bond acceptors (Lipinski definition) is 2. The molecule has 3 nitrogen and oxygen atoms in total. The molecule has 0 aliphatic heterocycles. The van der Waals surface area contributed by atoms with Gasteiger partial charge in [-0.3, -0.25) is 4.79 Å². The second kappa shape index (κ2) is 9.77. The molecule has 0 fully saturated rings. The highest BCUT2D eigenvalue weighted by molar-refractivity contribution is 6.33. The highest BCUT2D eigenvalue weighted by Gasteiger charge is 2.32. The number of halogens is 11. The Morgan fingerprint density at radius 3 is 1.51 bits per heavy atom. The van der Waals surface area contributed by atoms with E-state index in [2.05, 4.69) is 0 Å². The van der Waals surface area contributed by atoms with E-state index < -0.39 is 97.3 Å². The van der Waals surface area contributed by atoms with E-state index in [1.165, 1.54) is 0 Å². The van der Waals surface area contributed by atoms with Gasteiger partial charge in [0, 0.05) is 0 Å². The number of rotatable bonds is 4. The Labute approximate surface area is 206 Å². The van der Waals surface area contributed by atoms with Crippen LogP contribution in [0.5, 0.6) is 11.5 Å². The second-order valence-electron chi connectivity index (χ2n) is 8.48. The molecule has 0 heterocycles. The molecule has 1 amide bonds. The topological polar surface area (TPSA) is 38.3 Å². The SMILES string of the molecule is CC(C)(C)c1cc(Cl)c(Oc2c(F)c(F)c(F)c(F)c2F)c(NC(=O)c2c(F)c(F)c(F)c(F)c2F)c1. The van der Waals surface area contributed by atoms with Crippen molar-refractivity contribution in [3.8, 4) is 11.5 Å². The van der Waals surface area contributed by atoms with Crippen LogP contribution in [0.3, 0.4) is 0 Å². The summed E-state index contributed by atoms with van der Waals surface area (Å²) in [5.41, 5.74) is -3.27. The van der Waals surface area contributed by atoms with Crippen LogP contribution in [0.1, 0.15) is 36.7 Å². The number of benzene rings is 3. The van der Waals surface area contributed by atoms with Crippen LogP contribution < -0.4 is 10.1 Å². The zero-order valence-electron chi connectivity index (χ0n) is 18.6. The van der Waals surface area contributed by atoms with Crippen LogP contribution >= 0.6 is 11.6 Å². The average molecular weight is 560 g/mol. The van der Waals surface area contributed by atoms with E-state index in [9.17, 15) is 48.7 Å². The lowest BCUT2D eigenvalue weighted by Crippen LogP contribution is -2.20. The van der Waals surface area contributed by atoms with E-state index in [0.717, 1.165) is 12.1 Å². The molecule has 1 N–H and O–H groups in total. The van der Waals surface area contributed by atoms with E-state index >= 15 is 0 Å². The molecule has 3 aromatic rings. The molecule has 37 heavy (non-hydrogen) atoms. The minimum absolute atomic E-state index is 0.231. The third-order valence-electron chi connectivity index (χ3n) is 4.97. The van der Waals surface area contributed by atoms with Crippen molar-refractivity contribution >= 4 is 23.2 Å². The summed E-state index contributed by atoms with van der Waals surface area (Å²) in [6, 6.07) is 2.11. The highest BCUT2D eigenvalue weighted by atomic mass is 35.5. The van der Waals surface area contributed by atoms with E-state index in [-0.39, 0.29) is 5.56 Å². The summed E-state index contributed by atoms with van der Waals surface area (Å²) in [6.07, 6.45) is 0. The maximum atomic E-state index is 14.2. The predicted molar refractivity (Wildman–Crippen MR) is 111 cm³/mol. The summed E-state index contributed by atoms with van der Waals surface area (Å²) >= 11 is 6.07. The molecule has 0 saturated heterocycles. The van der Waals surface area contributed by atoms with Gasteiger partial charge in [0.2, 0.25) is 40.7 Å². The summed E-state index contributed by atoms with van der Waals surface area (Å²) in [5.74, 6) is -29.3. The first-order chi connectivity index (χ1) is 17.0. The van der Waals surface area contributed by atoms with Gasteiger partial charge in [0.05, 0.1) is 10.7 Å². The van der Waals surface area contributed by atoms with Gasteiger partial charge >= 0.3 is 0 Å². The molecule has 3 aromatic carbocycles. The monoisotopic (exact) mass is 559 g/mol. The number of carbonyl (C=O) groups excluding carboxylic acids is 1. The van der Waals surface area contributed by atoms with Crippen molar-refractivity contribution in [3.63, 3.8) is 0 Å². The number of nitrogens with one attached hydrogen (secondary N) is 1. The summed E-state index contributed by atoms with van der Waals surface area (Å²) < 4.78 is 143. The molecule has 0 unspecified atom stereocenters. The Bertz CT molecular complexity index is 1400. The molecule has 0 aromatic heterocycles. The zero-order valence-corrected chi connectivity index (χ0v) is 19.4. The first-order valence-corrected chi connectivity index (χ1v) is 10.2. The molecule has 0 bridgehead atoms. The molecule has 0 spiro atoms. The number of hydrogen-bond donors (Lipinski definition) is 1. The van der Waals surface area contributed by atoms with Crippen LogP contribution in [0.4, 0.5) is 49.6 Å². The molecule has 0 saturated carbocycles. The van der Waals surface area contributed by atoms with Gasteiger partial charge in [-0.15, -0.1) is 0 Å². The van der Waals surface area contributed by atoms with Crippen molar-refractivity contribution in [2.45, 2.75) is 26.2 Å². The van der Waals surface area contributed by atoms with Crippen molar-refractivity contribution in [3.05, 3.63) is 86.5 Å². The maximum absolute atomic E-state index is 14.2. The summed E-state index contributed by atoms with van der Waals surface area (Å²) in [7, 11) is 0. The largest absolute Gasteiger partial charge is 0.447 e. The van der Waals surface area contributed by atoms with Gasteiger partial charge in [0.15, 0.2) is 29.0 Å². The van der Waals surface area contributed by atoms with Crippen molar-refractivity contribution < 1.29 is 53.4 Å². The van der Waals surface area contributed by atoms with Crippen LogP contribution in [0.15, 0.2) is 12.1 Å². The van der Waals surface area contributed by atoms with Crippen molar-refractivity contribution in [1.82, 2.24) is 0 Å². The van der Waals surface area contributed by atoms with Crippen molar-refractivity contribution in [1.29, 1.82) is 0 Å². The third-order valence-corrected chi connectivity index (χ3v) is 5.25. The molecule has 3 rings (SSSR count). The average Bonchev–Trinajstić information content (AvgIpc) is 2.82. The van der Waals surface area contributed by atoms with Crippen LogP contribution in [0.25, 0.3) is 0 Å². The fourth-order valence-electron chi connectivity index (χ4n) is 2.99. The Morgan fingerprint density at radius 2 is 1.08 bits per heavy atom. The molecule has 0 aliphatic carbocycles.